The van der Waals surface area contributed by atoms with Gasteiger partial charge in [-0.2, -0.15) is 0 Å². The highest BCUT2D eigenvalue weighted by Gasteiger charge is 2.47. The van der Waals surface area contributed by atoms with E-state index >= 15 is 0 Å². The summed E-state index contributed by atoms with van der Waals surface area (Å²) in [5.41, 5.74) is -0.724. The number of carbonyl (C=O) groups excluding carboxylic acids is 1. The number of quaternary nitrogens is 1. The lowest BCUT2D eigenvalue weighted by molar-refractivity contribution is -0.890. The Morgan fingerprint density at radius 3 is 1.85 bits per heavy atom. The van der Waals surface area contributed by atoms with Gasteiger partial charge in [-0.1, -0.05) is 41.5 Å². The Bertz CT molecular complexity index is 568. The molecule has 0 fully saturated rings. The molecular formula is C20H42NO4S+. The van der Waals surface area contributed by atoms with Crippen molar-refractivity contribution >= 4 is 15.8 Å². The molecule has 6 heteroatoms. The van der Waals surface area contributed by atoms with Gasteiger partial charge in [-0.05, 0) is 24.2 Å². The summed E-state index contributed by atoms with van der Waals surface area (Å²) in [4.78, 5) is 12.9. The number of likely N-dealkylation sites (N-methyl/N-ethyl adjacent to an activating group) is 1. The number of nitrogens with zero attached hydrogens (tertiary/aromatic N) is 1. The van der Waals surface area contributed by atoms with Crippen molar-refractivity contribution < 1.29 is 22.4 Å². The summed E-state index contributed by atoms with van der Waals surface area (Å²) in [6.07, 6.45) is 2.63. The van der Waals surface area contributed by atoms with Gasteiger partial charge in [0.05, 0.1) is 31.8 Å². The first kappa shape index (κ1) is 25.4. The van der Waals surface area contributed by atoms with Gasteiger partial charge in [0.1, 0.15) is 23.0 Å². The zero-order valence-electron chi connectivity index (χ0n) is 18.7. The maximum Gasteiger partial charge on any atom is 0.312 e. The molecule has 156 valence electrons. The van der Waals surface area contributed by atoms with Crippen molar-refractivity contribution in [1.82, 2.24) is 0 Å². The van der Waals surface area contributed by atoms with Gasteiger partial charge in [-0.15, -0.1) is 0 Å². The maximum atomic E-state index is 12.9. The molecule has 26 heavy (non-hydrogen) atoms. The average Bonchev–Trinajstić information content (AvgIpc) is 2.32. The Balaban J connectivity index is 4.78. The Morgan fingerprint density at radius 1 is 0.962 bits per heavy atom. The van der Waals surface area contributed by atoms with Crippen molar-refractivity contribution in [2.45, 2.75) is 61.3 Å². The van der Waals surface area contributed by atoms with E-state index in [2.05, 4.69) is 41.5 Å². The lowest BCUT2D eigenvalue weighted by Crippen LogP contribution is -2.47. The van der Waals surface area contributed by atoms with Gasteiger partial charge in [0.25, 0.3) is 0 Å². The van der Waals surface area contributed by atoms with Crippen LogP contribution in [0.4, 0.5) is 0 Å². The molecule has 0 saturated heterocycles. The second kappa shape index (κ2) is 8.59. The van der Waals surface area contributed by atoms with Crippen LogP contribution >= 0.6 is 0 Å². The largest absolute Gasteiger partial charge is 0.459 e. The normalized spacial score (nSPS) is 16.2. The van der Waals surface area contributed by atoms with Crippen LogP contribution in [0.25, 0.3) is 0 Å². The number of hydrogen-bond acceptors (Lipinski definition) is 4. The van der Waals surface area contributed by atoms with Crippen LogP contribution in [0.1, 0.15) is 61.3 Å². The fourth-order valence-electron chi connectivity index (χ4n) is 3.12. The van der Waals surface area contributed by atoms with E-state index in [4.69, 9.17) is 4.74 Å². The first-order chi connectivity index (χ1) is 11.3. The van der Waals surface area contributed by atoms with E-state index in [9.17, 15) is 13.2 Å². The molecule has 0 radical (unpaired) electrons. The van der Waals surface area contributed by atoms with Crippen molar-refractivity contribution in [3.05, 3.63) is 0 Å². The van der Waals surface area contributed by atoms with E-state index in [1.165, 1.54) is 6.26 Å². The Kier molecular flexibility index (Phi) is 8.39. The van der Waals surface area contributed by atoms with Crippen LogP contribution in [0.15, 0.2) is 0 Å². The Hall–Kier alpha value is -0.620. The van der Waals surface area contributed by atoms with Crippen molar-refractivity contribution in [2.24, 2.45) is 16.2 Å². The molecule has 1 unspecified atom stereocenters. The summed E-state index contributed by atoms with van der Waals surface area (Å²) in [5.74, 6) is 0.0540. The fraction of sp³-hybridized carbons (Fsp3) is 0.950. The Morgan fingerprint density at radius 2 is 1.46 bits per heavy atom. The van der Waals surface area contributed by atoms with Gasteiger partial charge in [-0.25, -0.2) is 8.42 Å². The average molecular weight is 393 g/mol. The van der Waals surface area contributed by atoms with Crippen molar-refractivity contribution in [2.75, 3.05) is 45.8 Å². The summed E-state index contributed by atoms with van der Waals surface area (Å²) in [7, 11) is 1.14. The van der Waals surface area contributed by atoms with E-state index in [1.807, 2.05) is 21.0 Å². The number of esters is 1. The first-order valence-corrected chi connectivity index (χ1v) is 11.5. The van der Waals surface area contributed by atoms with Gasteiger partial charge in [0, 0.05) is 12.7 Å². The summed E-state index contributed by atoms with van der Waals surface area (Å²) in [5, 5.41) is 0. The van der Waals surface area contributed by atoms with E-state index in [0.717, 1.165) is 13.0 Å². The summed E-state index contributed by atoms with van der Waals surface area (Å²) in [6, 6.07) is 0. The van der Waals surface area contributed by atoms with Crippen LogP contribution in [0, 0.1) is 16.2 Å². The van der Waals surface area contributed by atoms with Gasteiger partial charge in [0.15, 0.2) is 0 Å². The molecule has 0 aliphatic rings. The van der Waals surface area contributed by atoms with Crippen LogP contribution in [0.3, 0.4) is 0 Å². The molecule has 5 nitrogen and oxygen atoms in total. The Labute approximate surface area is 162 Å². The number of hydrogen-bond donors (Lipinski definition) is 0. The topological polar surface area (TPSA) is 60.4 Å². The third kappa shape index (κ3) is 9.36. The quantitative estimate of drug-likeness (QED) is 0.445. The minimum Gasteiger partial charge on any atom is -0.459 e. The molecule has 0 saturated carbocycles. The molecule has 0 aliphatic carbocycles. The molecule has 0 heterocycles. The minimum absolute atomic E-state index is 0.0298. The fourth-order valence-corrected chi connectivity index (χ4v) is 3.77. The number of sulfone groups is 1. The summed E-state index contributed by atoms with van der Waals surface area (Å²) < 4.78 is 28.8. The highest BCUT2D eigenvalue weighted by Crippen LogP contribution is 2.47. The molecule has 0 amide bonds. The second-order valence-corrected chi connectivity index (χ2v) is 13.1. The highest BCUT2D eigenvalue weighted by atomic mass is 32.2. The number of carbonyl (C=O) groups is 1. The SMILES string of the molecule is CC(C)(C)CC(C)(C(=O)OCC[N+](C)(C)CCCS(C)(=O)=O)C(C)(C)C. The number of rotatable bonds is 9. The van der Waals surface area contributed by atoms with E-state index < -0.39 is 15.3 Å². The molecule has 0 spiro atoms. The van der Waals surface area contributed by atoms with Gasteiger partial charge >= 0.3 is 5.97 Å². The summed E-state index contributed by atoms with van der Waals surface area (Å²) in [6.45, 7) is 16.5. The van der Waals surface area contributed by atoms with E-state index in [1.54, 1.807) is 0 Å². The third-order valence-corrected chi connectivity index (χ3v) is 6.23. The predicted octanol–water partition coefficient (Wildman–Crippen LogP) is 3.53. The smallest absolute Gasteiger partial charge is 0.312 e. The number of ether oxygens (including phenoxy) is 1. The minimum atomic E-state index is -2.93. The van der Waals surface area contributed by atoms with Crippen LogP contribution in [0.2, 0.25) is 0 Å². The van der Waals surface area contributed by atoms with Gasteiger partial charge in [0.2, 0.25) is 0 Å². The third-order valence-electron chi connectivity index (χ3n) is 5.20. The van der Waals surface area contributed by atoms with Crippen LogP contribution in [0.5, 0.6) is 0 Å². The molecule has 1 atom stereocenters. The second-order valence-electron chi connectivity index (χ2n) is 10.8. The highest BCUT2D eigenvalue weighted by molar-refractivity contribution is 7.90. The van der Waals surface area contributed by atoms with Gasteiger partial charge < -0.3 is 9.22 Å². The molecule has 0 aromatic carbocycles. The van der Waals surface area contributed by atoms with Crippen LogP contribution in [-0.2, 0) is 19.4 Å². The molecule has 0 bridgehead atoms. The monoisotopic (exact) mass is 392 g/mol. The molecule has 0 aromatic heterocycles. The molecular weight excluding hydrogens is 350 g/mol. The van der Waals surface area contributed by atoms with Crippen LogP contribution < -0.4 is 0 Å². The van der Waals surface area contributed by atoms with Crippen molar-refractivity contribution in [3.63, 3.8) is 0 Å². The summed E-state index contributed by atoms with van der Waals surface area (Å²) >= 11 is 0. The van der Waals surface area contributed by atoms with Gasteiger partial charge in [-0.3, -0.25) is 4.79 Å². The zero-order valence-corrected chi connectivity index (χ0v) is 19.5. The van der Waals surface area contributed by atoms with Crippen molar-refractivity contribution in [3.8, 4) is 0 Å². The van der Waals surface area contributed by atoms with Crippen LogP contribution in [-0.4, -0.2) is 64.7 Å². The maximum absolute atomic E-state index is 12.9. The standard InChI is InChI=1S/C20H42NO4S/c1-18(2,3)16-20(7,19(4,5)6)17(22)25-14-13-21(8,9)12-11-15-26(10,23)24/h11-16H2,1-10H3/q+1. The predicted molar refractivity (Wildman–Crippen MR) is 109 cm³/mol. The molecule has 0 N–H and O–H groups in total. The first-order valence-electron chi connectivity index (χ1n) is 9.46. The van der Waals surface area contributed by atoms with Crippen molar-refractivity contribution in [1.29, 1.82) is 0 Å². The zero-order chi connectivity index (χ0) is 21.0. The molecule has 0 aromatic rings. The van der Waals surface area contributed by atoms with E-state index in [-0.39, 0.29) is 22.6 Å². The lowest BCUT2D eigenvalue weighted by Gasteiger charge is -2.43. The molecule has 0 aliphatic heterocycles. The lowest BCUT2D eigenvalue weighted by atomic mass is 9.61. The molecule has 0 rings (SSSR count). The van der Waals surface area contributed by atoms with E-state index in [0.29, 0.717) is 24.1 Å².